The molecule has 5 nitrogen and oxygen atoms in total. The molecule has 1 aliphatic rings. The second-order valence-electron chi connectivity index (χ2n) is 3.76. The number of ether oxygens (including phenoxy) is 1. The smallest absolute Gasteiger partial charge is 0.328 e. The second kappa shape index (κ2) is 7.46. The minimum Gasteiger partial charge on any atom is -0.467 e. The van der Waals surface area contributed by atoms with Crippen molar-refractivity contribution in [2.24, 2.45) is 0 Å². The third-order valence-electron chi connectivity index (χ3n) is 2.54. The van der Waals surface area contributed by atoms with E-state index in [0.717, 1.165) is 25.8 Å². The van der Waals surface area contributed by atoms with E-state index in [1.807, 2.05) is 0 Å². The molecule has 2 atom stereocenters. The van der Waals surface area contributed by atoms with E-state index in [9.17, 15) is 9.59 Å². The average Bonchev–Trinajstić information content (AvgIpc) is 2.29. The lowest BCUT2D eigenvalue weighted by molar-refractivity contribution is -0.144. The quantitative estimate of drug-likeness (QED) is 0.704. The summed E-state index contributed by atoms with van der Waals surface area (Å²) in [6, 6.07) is -0.739. The molecule has 1 aliphatic heterocycles. The highest BCUT2D eigenvalue weighted by Crippen LogP contribution is 2.07. The van der Waals surface area contributed by atoms with Crippen molar-refractivity contribution in [2.45, 2.75) is 38.3 Å². The van der Waals surface area contributed by atoms with Gasteiger partial charge in [-0.15, -0.1) is 12.4 Å². The van der Waals surface area contributed by atoms with E-state index in [4.69, 9.17) is 0 Å². The predicted molar refractivity (Wildman–Crippen MR) is 62.5 cm³/mol. The highest BCUT2D eigenvalue weighted by Gasteiger charge is 2.23. The predicted octanol–water partition coefficient (Wildman–Crippen LogP) is 0.228. The number of halogens is 1. The van der Waals surface area contributed by atoms with Crippen molar-refractivity contribution in [3.63, 3.8) is 0 Å². The summed E-state index contributed by atoms with van der Waals surface area (Å²) in [5, 5.41) is 5.74. The van der Waals surface area contributed by atoms with Crippen LogP contribution < -0.4 is 10.6 Å². The van der Waals surface area contributed by atoms with Crippen LogP contribution in [0.5, 0.6) is 0 Å². The van der Waals surface area contributed by atoms with Crippen LogP contribution in [-0.4, -0.2) is 37.6 Å². The first-order chi connectivity index (χ1) is 7.15. The minimum absolute atomic E-state index is 0. The maximum absolute atomic E-state index is 11.6. The fourth-order valence-corrected chi connectivity index (χ4v) is 1.63. The molecule has 0 saturated carbocycles. The van der Waals surface area contributed by atoms with Crippen LogP contribution in [0.25, 0.3) is 0 Å². The first kappa shape index (κ1) is 15.2. The van der Waals surface area contributed by atoms with Gasteiger partial charge in [-0.3, -0.25) is 4.79 Å². The maximum Gasteiger partial charge on any atom is 0.328 e. The van der Waals surface area contributed by atoms with E-state index in [1.165, 1.54) is 7.11 Å². The first-order valence-corrected chi connectivity index (χ1v) is 5.26. The van der Waals surface area contributed by atoms with Gasteiger partial charge in [-0.1, -0.05) is 6.42 Å². The van der Waals surface area contributed by atoms with Crippen LogP contribution in [0, 0.1) is 0 Å². The van der Waals surface area contributed by atoms with Crippen LogP contribution in [0.4, 0.5) is 0 Å². The van der Waals surface area contributed by atoms with Crippen molar-refractivity contribution in [1.29, 1.82) is 0 Å². The summed E-state index contributed by atoms with van der Waals surface area (Å²) < 4.78 is 4.53. The standard InChI is InChI=1S/C10H18N2O3.ClH/c1-7(10(14)15-2)12-9(13)8-5-3-4-6-11-8;/h7-8,11H,3-6H2,1-2H3,(H,12,13);1H/t7?,8-;/m1./s1. The van der Waals surface area contributed by atoms with Crippen molar-refractivity contribution >= 4 is 24.3 Å². The Hall–Kier alpha value is -0.810. The summed E-state index contributed by atoms with van der Waals surface area (Å²) in [5.41, 5.74) is 0. The van der Waals surface area contributed by atoms with Gasteiger partial charge in [0.25, 0.3) is 0 Å². The highest BCUT2D eigenvalue weighted by atomic mass is 35.5. The molecule has 0 aromatic carbocycles. The molecule has 0 aromatic rings. The molecule has 94 valence electrons. The third kappa shape index (κ3) is 4.37. The fourth-order valence-electron chi connectivity index (χ4n) is 1.63. The van der Waals surface area contributed by atoms with Gasteiger partial charge >= 0.3 is 5.97 Å². The molecule has 1 amide bonds. The van der Waals surface area contributed by atoms with Gasteiger partial charge < -0.3 is 15.4 Å². The fraction of sp³-hybridized carbons (Fsp3) is 0.800. The van der Waals surface area contributed by atoms with E-state index in [1.54, 1.807) is 6.92 Å². The average molecular weight is 251 g/mol. The van der Waals surface area contributed by atoms with Gasteiger partial charge in [0.05, 0.1) is 13.2 Å². The monoisotopic (exact) mass is 250 g/mol. The SMILES string of the molecule is COC(=O)C(C)NC(=O)[C@H]1CCCCN1.Cl. The molecule has 1 saturated heterocycles. The summed E-state index contributed by atoms with van der Waals surface area (Å²) in [4.78, 5) is 22.7. The zero-order valence-electron chi connectivity index (χ0n) is 9.62. The Kier molecular flexibility index (Phi) is 7.08. The van der Waals surface area contributed by atoms with Crippen LogP contribution in [0.1, 0.15) is 26.2 Å². The van der Waals surface area contributed by atoms with Crippen LogP contribution in [0.2, 0.25) is 0 Å². The Bertz CT molecular complexity index is 242. The normalized spacial score (nSPS) is 21.5. The van der Waals surface area contributed by atoms with Gasteiger partial charge in [-0.2, -0.15) is 0 Å². The largest absolute Gasteiger partial charge is 0.467 e. The number of hydrogen-bond donors (Lipinski definition) is 2. The molecule has 0 aromatic heterocycles. The Morgan fingerprint density at radius 3 is 2.62 bits per heavy atom. The Morgan fingerprint density at radius 2 is 2.12 bits per heavy atom. The van der Waals surface area contributed by atoms with E-state index in [2.05, 4.69) is 15.4 Å². The molecule has 0 aliphatic carbocycles. The molecule has 1 heterocycles. The molecule has 16 heavy (non-hydrogen) atoms. The summed E-state index contributed by atoms with van der Waals surface area (Å²) >= 11 is 0. The molecule has 1 unspecified atom stereocenters. The number of hydrogen-bond acceptors (Lipinski definition) is 4. The summed E-state index contributed by atoms with van der Waals surface area (Å²) in [6.45, 7) is 2.48. The van der Waals surface area contributed by atoms with Crippen molar-refractivity contribution in [3.8, 4) is 0 Å². The van der Waals surface area contributed by atoms with Crippen molar-refractivity contribution < 1.29 is 14.3 Å². The highest BCUT2D eigenvalue weighted by molar-refractivity contribution is 5.87. The Morgan fingerprint density at radius 1 is 1.44 bits per heavy atom. The number of piperidine rings is 1. The van der Waals surface area contributed by atoms with E-state index < -0.39 is 12.0 Å². The van der Waals surface area contributed by atoms with Crippen LogP contribution >= 0.6 is 12.4 Å². The molecule has 0 spiro atoms. The van der Waals surface area contributed by atoms with Gasteiger partial charge in [0.1, 0.15) is 6.04 Å². The van der Waals surface area contributed by atoms with Gasteiger partial charge in [-0.25, -0.2) is 4.79 Å². The number of carbonyl (C=O) groups excluding carboxylic acids is 2. The summed E-state index contributed by atoms with van der Waals surface area (Å²) in [7, 11) is 1.31. The summed E-state index contributed by atoms with van der Waals surface area (Å²) in [5.74, 6) is -0.535. The second-order valence-corrected chi connectivity index (χ2v) is 3.76. The van der Waals surface area contributed by atoms with E-state index in [-0.39, 0.29) is 24.4 Å². The zero-order chi connectivity index (χ0) is 11.3. The molecule has 0 bridgehead atoms. The lowest BCUT2D eigenvalue weighted by atomic mass is 10.0. The molecular weight excluding hydrogens is 232 g/mol. The Labute approximate surface area is 102 Å². The van der Waals surface area contributed by atoms with E-state index in [0.29, 0.717) is 0 Å². The molecule has 6 heteroatoms. The number of rotatable bonds is 3. The number of methoxy groups -OCH3 is 1. The lowest BCUT2D eigenvalue weighted by Crippen LogP contribution is -2.50. The number of esters is 1. The molecule has 1 fully saturated rings. The van der Waals surface area contributed by atoms with Gasteiger partial charge in [0.15, 0.2) is 0 Å². The molecular formula is C10H19ClN2O3. The lowest BCUT2D eigenvalue weighted by Gasteiger charge is -2.23. The summed E-state index contributed by atoms with van der Waals surface area (Å²) in [6.07, 6.45) is 2.99. The van der Waals surface area contributed by atoms with Gasteiger partial charge in [-0.05, 0) is 26.3 Å². The van der Waals surface area contributed by atoms with E-state index >= 15 is 0 Å². The van der Waals surface area contributed by atoms with Crippen molar-refractivity contribution in [1.82, 2.24) is 10.6 Å². The van der Waals surface area contributed by atoms with Crippen molar-refractivity contribution in [3.05, 3.63) is 0 Å². The number of nitrogens with one attached hydrogen (secondary N) is 2. The van der Waals surface area contributed by atoms with Crippen LogP contribution in [-0.2, 0) is 14.3 Å². The number of amides is 1. The van der Waals surface area contributed by atoms with Crippen LogP contribution in [0.15, 0.2) is 0 Å². The maximum atomic E-state index is 11.6. The zero-order valence-corrected chi connectivity index (χ0v) is 10.4. The first-order valence-electron chi connectivity index (χ1n) is 5.26. The molecule has 2 N–H and O–H groups in total. The minimum atomic E-state index is -0.578. The topological polar surface area (TPSA) is 67.4 Å². The molecule has 1 rings (SSSR count). The molecule has 0 radical (unpaired) electrons. The van der Waals surface area contributed by atoms with Gasteiger partial charge in [0.2, 0.25) is 5.91 Å². The van der Waals surface area contributed by atoms with Crippen molar-refractivity contribution in [2.75, 3.05) is 13.7 Å². The number of carbonyl (C=O) groups is 2. The van der Waals surface area contributed by atoms with Gasteiger partial charge in [0, 0.05) is 0 Å². The Balaban J connectivity index is 0.00000225. The third-order valence-corrected chi connectivity index (χ3v) is 2.54. The van der Waals surface area contributed by atoms with Crippen LogP contribution in [0.3, 0.4) is 0 Å².